The first kappa shape index (κ1) is 17.4. The van der Waals surface area contributed by atoms with Gasteiger partial charge in [0.2, 0.25) is 0 Å². The maximum absolute atomic E-state index is 12.0. The Morgan fingerprint density at radius 1 is 1.40 bits per heavy atom. The molecule has 4 heteroatoms. The van der Waals surface area contributed by atoms with E-state index in [1.165, 1.54) is 0 Å². The molecule has 118 valence electrons. The van der Waals surface area contributed by atoms with Gasteiger partial charge >= 0.3 is 5.97 Å². The van der Waals surface area contributed by atoms with Gasteiger partial charge in [-0.05, 0) is 51.4 Å². The number of hydrogen-bond donors (Lipinski definition) is 1. The van der Waals surface area contributed by atoms with Crippen molar-refractivity contribution >= 4 is 5.97 Å². The first-order chi connectivity index (χ1) is 9.40. The van der Waals surface area contributed by atoms with E-state index < -0.39 is 5.54 Å². The fourth-order valence-electron chi connectivity index (χ4n) is 3.18. The molecule has 0 aromatic carbocycles. The summed E-state index contributed by atoms with van der Waals surface area (Å²) in [4.78, 5) is 12.0. The molecule has 1 aliphatic rings. The molecule has 1 saturated carbocycles. The summed E-state index contributed by atoms with van der Waals surface area (Å²) < 4.78 is 11.0. The minimum Gasteiger partial charge on any atom is -0.465 e. The molecule has 0 aromatic heterocycles. The Bertz CT molecular complexity index is 306. The lowest BCUT2D eigenvalue weighted by Crippen LogP contribution is -2.52. The van der Waals surface area contributed by atoms with Crippen LogP contribution in [0.2, 0.25) is 0 Å². The van der Waals surface area contributed by atoms with Crippen molar-refractivity contribution in [2.75, 3.05) is 13.2 Å². The van der Waals surface area contributed by atoms with Crippen LogP contribution in [0.25, 0.3) is 0 Å². The normalized spacial score (nSPS) is 27.8. The van der Waals surface area contributed by atoms with E-state index in [1.54, 1.807) is 0 Å². The van der Waals surface area contributed by atoms with Crippen molar-refractivity contribution < 1.29 is 14.3 Å². The van der Waals surface area contributed by atoms with E-state index in [2.05, 4.69) is 20.8 Å². The van der Waals surface area contributed by atoms with Crippen LogP contribution in [-0.4, -0.2) is 30.8 Å². The van der Waals surface area contributed by atoms with Crippen LogP contribution in [0.3, 0.4) is 0 Å². The zero-order valence-electron chi connectivity index (χ0n) is 13.5. The maximum Gasteiger partial charge on any atom is 0.326 e. The average molecular weight is 285 g/mol. The van der Waals surface area contributed by atoms with Gasteiger partial charge in [0, 0.05) is 6.61 Å². The fraction of sp³-hybridized carbons (Fsp3) is 0.938. The van der Waals surface area contributed by atoms with Crippen LogP contribution in [-0.2, 0) is 14.3 Å². The molecule has 0 heterocycles. The molecule has 0 aromatic rings. The molecule has 0 spiro atoms. The van der Waals surface area contributed by atoms with Crippen LogP contribution < -0.4 is 5.73 Å². The van der Waals surface area contributed by atoms with Crippen molar-refractivity contribution in [2.45, 2.75) is 71.4 Å². The lowest BCUT2D eigenvalue weighted by molar-refractivity contribution is -0.151. The van der Waals surface area contributed by atoms with E-state index in [-0.39, 0.29) is 18.0 Å². The van der Waals surface area contributed by atoms with E-state index in [4.69, 9.17) is 15.2 Å². The maximum atomic E-state index is 12.0. The molecule has 2 N–H and O–H groups in total. The molecule has 0 saturated heterocycles. The highest BCUT2D eigenvalue weighted by molar-refractivity contribution is 5.81. The topological polar surface area (TPSA) is 61.5 Å². The lowest BCUT2D eigenvalue weighted by Gasteiger charge is -2.29. The van der Waals surface area contributed by atoms with Crippen molar-refractivity contribution in [1.29, 1.82) is 0 Å². The molecule has 3 atom stereocenters. The van der Waals surface area contributed by atoms with Gasteiger partial charge in [0.25, 0.3) is 0 Å². The Morgan fingerprint density at radius 2 is 2.10 bits per heavy atom. The standard InChI is InChI=1S/C16H31NO3/c1-5-19-15(18)16(17)9-6-7-14(16)8-10-20-13(4)11-12(2)3/h12-14H,5-11,17H2,1-4H3. The second-order valence-corrected chi connectivity index (χ2v) is 6.45. The van der Waals surface area contributed by atoms with Crippen LogP contribution in [0.4, 0.5) is 0 Å². The van der Waals surface area contributed by atoms with E-state index in [0.29, 0.717) is 19.1 Å². The van der Waals surface area contributed by atoms with E-state index >= 15 is 0 Å². The van der Waals surface area contributed by atoms with Gasteiger partial charge in [0.15, 0.2) is 0 Å². The Kier molecular flexibility index (Phi) is 6.96. The summed E-state index contributed by atoms with van der Waals surface area (Å²) >= 11 is 0. The van der Waals surface area contributed by atoms with Gasteiger partial charge < -0.3 is 15.2 Å². The monoisotopic (exact) mass is 285 g/mol. The molecule has 3 unspecified atom stereocenters. The van der Waals surface area contributed by atoms with Gasteiger partial charge in [-0.15, -0.1) is 0 Å². The van der Waals surface area contributed by atoms with Crippen LogP contribution in [0.5, 0.6) is 0 Å². The summed E-state index contributed by atoms with van der Waals surface area (Å²) in [6.45, 7) is 9.39. The first-order valence-corrected chi connectivity index (χ1v) is 7.97. The van der Waals surface area contributed by atoms with E-state index in [1.807, 2.05) is 6.92 Å². The summed E-state index contributed by atoms with van der Waals surface area (Å²) in [7, 11) is 0. The number of hydrogen-bond acceptors (Lipinski definition) is 4. The largest absolute Gasteiger partial charge is 0.465 e. The van der Waals surface area contributed by atoms with Gasteiger partial charge in [-0.3, -0.25) is 4.79 Å². The third-order valence-electron chi connectivity index (χ3n) is 4.20. The number of nitrogens with two attached hydrogens (primary N) is 1. The second-order valence-electron chi connectivity index (χ2n) is 6.45. The summed E-state index contributed by atoms with van der Waals surface area (Å²) in [6.07, 6.45) is 4.91. The highest BCUT2D eigenvalue weighted by atomic mass is 16.5. The summed E-state index contributed by atoms with van der Waals surface area (Å²) in [5, 5.41) is 0. The average Bonchev–Trinajstić information content (AvgIpc) is 2.72. The Hall–Kier alpha value is -0.610. The van der Waals surface area contributed by atoms with Crippen molar-refractivity contribution in [3.05, 3.63) is 0 Å². The summed E-state index contributed by atoms with van der Waals surface area (Å²) in [5.41, 5.74) is 5.51. The number of carbonyl (C=O) groups excluding carboxylic acids is 1. The van der Waals surface area contributed by atoms with Crippen LogP contribution in [0.1, 0.15) is 59.8 Å². The molecular weight excluding hydrogens is 254 g/mol. The van der Waals surface area contributed by atoms with Crippen molar-refractivity contribution in [2.24, 2.45) is 17.6 Å². The van der Waals surface area contributed by atoms with E-state index in [9.17, 15) is 4.79 Å². The fourth-order valence-corrected chi connectivity index (χ4v) is 3.18. The molecule has 1 fully saturated rings. The number of rotatable bonds is 8. The van der Waals surface area contributed by atoms with Gasteiger partial charge in [-0.1, -0.05) is 20.3 Å². The zero-order chi connectivity index (χ0) is 15.2. The predicted octanol–water partition coefficient (Wildman–Crippen LogP) is 2.89. The highest BCUT2D eigenvalue weighted by Gasteiger charge is 2.46. The molecule has 1 rings (SSSR count). The van der Waals surface area contributed by atoms with Crippen LogP contribution >= 0.6 is 0 Å². The Labute approximate surface area is 123 Å². The molecule has 4 nitrogen and oxygen atoms in total. The van der Waals surface area contributed by atoms with E-state index in [0.717, 1.165) is 32.1 Å². The number of ether oxygens (including phenoxy) is 2. The Morgan fingerprint density at radius 3 is 2.70 bits per heavy atom. The van der Waals surface area contributed by atoms with Crippen molar-refractivity contribution in [3.8, 4) is 0 Å². The second kappa shape index (κ2) is 7.99. The van der Waals surface area contributed by atoms with Gasteiger partial charge in [0.05, 0.1) is 12.7 Å². The van der Waals surface area contributed by atoms with Crippen molar-refractivity contribution in [1.82, 2.24) is 0 Å². The molecule has 1 aliphatic carbocycles. The molecule has 0 aliphatic heterocycles. The minimum absolute atomic E-state index is 0.188. The van der Waals surface area contributed by atoms with Crippen molar-refractivity contribution in [3.63, 3.8) is 0 Å². The first-order valence-electron chi connectivity index (χ1n) is 7.97. The highest BCUT2D eigenvalue weighted by Crippen LogP contribution is 2.37. The SMILES string of the molecule is CCOC(=O)C1(N)CCCC1CCOC(C)CC(C)C. The predicted molar refractivity (Wildman–Crippen MR) is 80.4 cm³/mol. The minimum atomic E-state index is -0.791. The van der Waals surface area contributed by atoms with Gasteiger partial charge in [-0.25, -0.2) is 0 Å². The van der Waals surface area contributed by atoms with Gasteiger partial charge in [0.1, 0.15) is 5.54 Å². The molecule has 0 amide bonds. The number of esters is 1. The van der Waals surface area contributed by atoms with Crippen LogP contribution in [0, 0.1) is 11.8 Å². The quantitative estimate of drug-likeness (QED) is 0.697. The smallest absolute Gasteiger partial charge is 0.326 e. The molecule has 0 bridgehead atoms. The Balaban J connectivity index is 2.40. The lowest BCUT2D eigenvalue weighted by atomic mass is 9.86. The summed E-state index contributed by atoms with van der Waals surface area (Å²) in [6, 6.07) is 0. The third-order valence-corrected chi connectivity index (χ3v) is 4.20. The van der Waals surface area contributed by atoms with Crippen LogP contribution in [0.15, 0.2) is 0 Å². The molecule has 20 heavy (non-hydrogen) atoms. The molecule has 0 radical (unpaired) electrons. The zero-order valence-corrected chi connectivity index (χ0v) is 13.5. The number of carbonyl (C=O) groups is 1. The summed E-state index contributed by atoms with van der Waals surface area (Å²) in [5.74, 6) is 0.593. The molecular formula is C16H31NO3. The van der Waals surface area contributed by atoms with Gasteiger partial charge in [-0.2, -0.15) is 0 Å². The third kappa shape index (κ3) is 4.74.